The molecule has 2 heterocycles. The highest BCUT2D eigenvalue weighted by Crippen LogP contribution is 2.18. The summed E-state index contributed by atoms with van der Waals surface area (Å²) in [6.07, 6.45) is 1.91. The van der Waals surface area contributed by atoms with Crippen LogP contribution in [0.3, 0.4) is 0 Å². The first-order valence-electron chi connectivity index (χ1n) is 7.72. The van der Waals surface area contributed by atoms with E-state index in [9.17, 15) is 4.79 Å². The van der Waals surface area contributed by atoms with Crippen LogP contribution in [-0.4, -0.2) is 51.4 Å². The third kappa shape index (κ3) is 2.90. The summed E-state index contributed by atoms with van der Waals surface area (Å²) in [4.78, 5) is 20.4. The zero-order valence-electron chi connectivity index (χ0n) is 13.0. The number of hydrogen-bond acceptors (Lipinski definition) is 3. The van der Waals surface area contributed by atoms with Gasteiger partial charge in [0.15, 0.2) is 0 Å². The molecule has 1 aliphatic heterocycles. The van der Waals surface area contributed by atoms with Crippen LogP contribution in [-0.2, 0) is 17.9 Å². The van der Waals surface area contributed by atoms with Crippen LogP contribution in [0.4, 0.5) is 0 Å². The molecule has 1 aromatic heterocycles. The van der Waals surface area contributed by atoms with Crippen molar-refractivity contribution in [2.45, 2.75) is 20.0 Å². The molecule has 0 aliphatic carbocycles. The molecule has 1 fully saturated rings. The third-order valence-electron chi connectivity index (χ3n) is 4.23. The van der Waals surface area contributed by atoms with Gasteiger partial charge in [0.05, 0.1) is 17.6 Å². The molecule has 5 nitrogen and oxygen atoms in total. The Labute approximate surface area is 130 Å². The number of aromatic nitrogens is 2. The number of piperazine rings is 1. The fourth-order valence-electron chi connectivity index (χ4n) is 3.00. The van der Waals surface area contributed by atoms with E-state index in [0.717, 1.165) is 56.1 Å². The van der Waals surface area contributed by atoms with Crippen molar-refractivity contribution in [2.24, 2.45) is 0 Å². The van der Waals surface area contributed by atoms with E-state index < -0.39 is 0 Å². The first-order valence-corrected chi connectivity index (χ1v) is 7.72. The van der Waals surface area contributed by atoms with Gasteiger partial charge in [-0.15, -0.1) is 6.58 Å². The maximum Gasteiger partial charge on any atom is 0.219 e. The van der Waals surface area contributed by atoms with Crippen LogP contribution < -0.4 is 0 Å². The molecule has 1 saturated heterocycles. The van der Waals surface area contributed by atoms with Crippen molar-refractivity contribution < 1.29 is 4.79 Å². The number of nitrogens with zero attached hydrogens (tertiary/aromatic N) is 4. The minimum absolute atomic E-state index is 0.165. The zero-order chi connectivity index (χ0) is 15.5. The van der Waals surface area contributed by atoms with Crippen molar-refractivity contribution in [2.75, 3.05) is 26.2 Å². The van der Waals surface area contributed by atoms with Gasteiger partial charge < -0.3 is 9.47 Å². The number of para-hydroxylation sites is 2. The SMILES string of the molecule is C=CCn1c(CN2CCN(C(C)=O)CC2)nc2ccccc21. The topological polar surface area (TPSA) is 41.4 Å². The molecular weight excluding hydrogens is 276 g/mol. The lowest BCUT2D eigenvalue weighted by atomic mass is 10.3. The molecule has 0 atom stereocenters. The van der Waals surface area contributed by atoms with E-state index >= 15 is 0 Å². The Kier molecular flexibility index (Phi) is 4.24. The molecule has 2 aromatic rings. The fraction of sp³-hybridized carbons (Fsp3) is 0.412. The van der Waals surface area contributed by atoms with Crippen molar-refractivity contribution in [3.63, 3.8) is 0 Å². The molecule has 1 aliphatic rings. The molecule has 0 unspecified atom stereocenters. The Morgan fingerprint density at radius 1 is 1.27 bits per heavy atom. The number of imidazole rings is 1. The molecule has 0 bridgehead atoms. The number of rotatable bonds is 4. The molecule has 1 amide bonds. The first kappa shape index (κ1) is 14.8. The fourth-order valence-corrected chi connectivity index (χ4v) is 3.00. The van der Waals surface area contributed by atoms with E-state index in [1.165, 1.54) is 0 Å². The van der Waals surface area contributed by atoms with Crippen LogP contribution >= 0.6 is 0 Å². The number of amides is 1. The predicted octanol–water partition coefficient (Wildman–Crippen LogP) is 1.89. The number of hydrogen-bond donors (Lipinski definition) is 0. The minimum atomic E-state index is 0.165. The van der Waals surface area contributed by atoms with Gasteiger partial charge in [0.2, 0.25) is 5.91 Å². The van der Waals surface area contributed by atoms with Crippen LogP contribution in [0, 0.1) is 0 Å². The number of carbonyl (C=O) groups excluding carboxylic acids is 1. The predicted molar refractivity (Wildman–Crippen MR) is 87.5 cm³/mol. The van der Waals surface area contributed by atoms with Gasteiger partial charge in [0.25, 0.3) is 0 Å². The average Bonchev–Trinajstić information content (AvgIpc) is 2.86. The average molecular weight is 298 g/mol. The van der Waals surface area contributed by atoms with Gasteiger partial charge >= 0.3 is 0 Å². The minimum Gasteiger partial charge on any atom is -0.340 e. The van der Waals surface area contributed by atoms with Crippen LogP contribution in [0.15, 0.2) is 36.9 Å². The second-order valence-corrected chi connectivity index (χ2v) is 5.70. The smallest absolute Gasteiger partial charge is 0.219 e. The van der Waals surface area contributed by atoms with Crippen molar-refractivity contribution >= 4 is 16.9 Å². The molecule has 0 spiro atoms. The Hall–Kier alpha value is -2.14. The van der Waals surface area contributed by atoms with Gasteiger partial charge in [-0.2, -0.15) is 0 Å². The Morgan fingerprint density at radius 2 is 2.00 bits per heavy atom. The maximum absolute atomic E-state index is 11.4. The van der Waals surface area contributed by atoms with Crippen molar-refractivity contribution in [1.29, 1.82) is 0 Å². The van der Waals surface area contributed by atoms with E-state index in [4.69, 9.17) is 4.98 Å². The molecule has 116 valence electrons. The zero-order valence-corrected chi connectivity index (χ0v) is 13.0. The molecule has 0 saturated carbocycles. The summed E-state index contributed by atoms with van der Waals surface area (Å²) in [7, 11) is 0. The quantitative estimate of drug-likeness (QED) is 0.809. The van der Waals surface area contributed by atoms with Crippen LogP contribution in [0.25, 0.3) is 11.0 Å². The van der Waals surface area contributed by atoms with E-state index in [1.54, 1.807) is 6.92 Å². The summed E-state index contributed by atoms with van der Waals surface area (Å²) in [6.45, 7) is 10.5. The molecule has 3 rings (SSSR count). The van der Waals surface area contributed by atoms with Crippen LogP contribution in [0.5, 0.6) is 0 Å². The highest BCUT2D eigenvalue weighted by Gasteiger charge is 2.20. The molecule has 1 aromatic carbocycles. The second kappa shape index (κ2) is 6.32. The summed E-state index contributed by atoms with van der Waals surface area (Å²) < 4.78 is 2.22. The van der Waals surface area contributed by atoms with E-state index in [1.807, 2.05) is 29.2 Å². The van der Waals surface area contributed by atoms with Crippen molar-refractivity contribution in [3.05, 3.63) is 42.7 Å². The molecule has 22 heavy (non-hydrogen) atoms. The van der Waals surface area contributed by atoms with Gasteiger partial charge in [0, 0.05) is 39.6 Å². The number of benzene rings is 1. The Bertz CT molecular complexity index is 683. The van der Waals surface area contributed by atoms with E-state index in [2.05, 4.69) is 22.1 Å². The van der Waals surface area contributed by atoms with Crippen LogP contribution in [0.1, 0.15) is 12.7 Å². The van der Waals surface area contributed by atoms with Gasteiger partial charge in [0.1, 0.15) is 5.82 Å². The van der Waals surface area contributed by atoms with E-state index in [-0.39, 0.29) is 5.91 Å². The summed E-state index contributed by atoms with van der Waals surface area (Å²) in [5.74, 6) is 1.23. The Balaban J connectivity index is 1.78. The molecule has 0 radical (unpaired) electrons. The first-order chi connectivity index (χ1) is 10.7. The molecule has 5 heteroatoms. The normalized spacial score (nSPS) is 16.1. The number of fused-ring (bicyclic) bond motifs is 1. The van der Waals surface area contributed by atoms with Gasteiger partial charge in [-0.3, -0.25) is 9.69 Å². The van der Waals surface area contributed by atoms with Gasteiger partial charge in [-0.25, -0.2) is 4.98 Å². The lowest BCUT2D eigenvalue weighted by Crippen LogP contribution is -2.47. The largest absolute Gasteiger partial charge is 0.340 e. The van der Waals surface area contributed by atoms with Gasteiger partial charge in [-0.05, 0) is 12.1 Å². The maximum atomic E-state index is 11.4. The molecular formula is C17H22N4O. The van der Waals surface area contributed by atoms with Gasteiger partial charge in [-0.1, -0.05) is 18.2 Å². The van der Waals surface area contributed by atoms with Crippen LogP contribution in [0.2, 0.25) is 0 Å². The third-order valence-corrected chi connectivity index (χ3v) is 4.23. The van der Waals surface area contributed by atoms with Crippen molar-refractivity contribution in [1.82, 2.24) is 19.4 Å². The summed E-state index contributed by atoms with van der Waals surface area (Å²) in [5.41, 5.74) is 2.18. The highest BCUT2D eigenvalue weighted by molar-refractivity contribution is 5.76. The second-order valence-electron chi connectivity index (χ2n) is 5.70. The summed E-state index contributed by atoms with van der Waals surface area (Å²) >= 11 is 0. The lowest BCUT2D eigenvalue weighted by Gasteiger charge is -2.33. The standard InChI is InChI=1S/C17H22N4O/c1-3-8-21-16-7-5-4-6-15(16)18-17(21)13-19-9-11-20(12-10-19)14(2)22/h3-7H,1,8-13H2,2H3. The summed E-state index contributed by atoms with van der Waals surface area (Å²) in [5, 5.41) is 0. The highest BCUT2D eigenvalue weighted by atomic mass is 16.2. The Morgan fingerprint density at radius 3 is 2.68 bits per heavy atom. The summed E-state index contributed by atoms with van der Waals surface area (Å²) in [6, 6.07) is 8.21. The lowest BCUT2D eigenvalue weighted by molar-refractivity contribution is -0.130. The van der Waals surface area contributed by atoms with Crippen molar-refractivity contribution in [3.8, 4) is 0 Å². The molecule has 0 N–H and O–H groups in total. The number of carbonyl (C=O) groups is 1. The van der Waals surface area contributed by atoms with E-state index in [0.29, 0.717) is 0 Å². The monoisotopic (exact) mass is 298 g/mol. The number of allylic oxidation sites excluding steroid dienone is 1.